The maximum Gasteiger partial charge on any atom is 0.491 e. The molecule has 0 spiro atoms. The molecule has 1 aromatic carbocycles. The number of carbonyl (C=O) groups excluding carboxylic acids is 1. The number of ether oxygens (including phenoxy) is 1. The molecule has 16 heavy (non-hydrogen) atoms. The lowest BCUT2D eigenvalue weighted by atomic mass is 9.79. The number of benzene rings is 1. The Morgan fingerprint density at radius 2 is 2.44 bits per heavy atom. The fraction of sp³-hybridized carbons (Fsp3) is 0.222. The fourth-order valence-electron chi connectivity index (χ4n) is 1.51. The highest BCUT2D eigenvalue weighted by molar-refractivity contribution is 6.61. The van der Waals surface area contributed by atoms with Gasteiger partial charge in [-0.25, -0.2) is 4.79 Å². The Morgan fingerprint density at radius 1 is 1.69 bits per heavy atom. The number of anilines is 1. The number of nitrogen functional groups attached to an aromatic ring is 1. The molecule has 2 rings (SSSR count). The third kappa shape index (κ3) is 1.82. The molecule has 84 valence electrons. The van der Waals surface area contributed by atoms with E-state index < -0.39 is 13.2 Å². The van der Waals surface area contributed by atoms with Crippen molar-refractivity contribution in [2.24, 2.45) is 0 Å². The first-order chi connectivity index (χ1) is 7.61. The normalized spacial score (nSPS) is 13.5. The molecule has 0 bridgehead atoms. The SMILES string of the molecule is CNC(=O)Oc1cc2c(cc1N)B(O)OC2. The van der Waals surface area contributed by atoms with E-state index in [0.717, 1.165) is 5.56 Å². The Kier molecular flexibility index (Phi) is 2.72. The Hall–Kier alpha value is -1.73. The molecule has 6 nitrogen and oxygen atoms in total. The first-order valence-corrected chi connectivity index (χ1v) is 4.73. The summed E-state index contributed by atoms with van der Waals surface area (Å²) < 4.78 is 9.95. The monoisotopic (exact) mass is 222 g/mol. The lowest BCUT2D eigenvalue weighted by Gasteiger charge is -2.08. The Morgan fingerprint density at radius 3 is 3.12 bits per heavy atom. The van der Waals surface area contributed by atoms with Crippen LogP contribution in [0, 0.1) is 0 Å². The average Bonchev–Trinajstić information content (AvgIpc) is 2.61. The molecule has 0 unspecified atom stereocenters. The van der Waals surface area contributed by atoms with E-state index in [9.17, 15) is 9.82 Å². The van der Waals surface area contributed by atoms with Crippen molar-refractivity contribution >= 4 is 24.4 Å². The van der Waals surface area contributed by atoms with Crippen LogP contribution in [-0.2, 0) is 11.3 Å². The molecule has 0 aliphatic carbocycles. The van der Waals surface area contributed by atoms with E-state index in [1.165, 1.54) is 7.05 Å². The van der Waals surface area contributed by atoms with Crippen molar-refractivity contribution in [1.29, 1.82) is 0 Å². The van der Waals surface area contributed by atoms with Gasteiger partial charge in [0.05, 0.1) is 12.3 Å². The van der Waals surface area contributed by atoms with E-state index >= 15 is 0 Å². The zero-order valence-electron chi connectivity index (χ0n) is 8.69. The summed E-state index contributed by atoms with van der Waals surface area (Å²) in [6, 6.07) is 3.14. The summed E-state index contributed by atoms with van der Waals surface area (Å²) in [6.45, 7) is 0.279. The summed E-state index contributed by atoms with van der Waals surface area (Å²) >= 11 is 0. The average molecular weight is 222 g/mol. The molecule has 0 aromatic heterocycles. The van der Waals surface area contributed by atoms with E-state index in [-0.39, 0.29) is 18.0 Å². The van der Waals surface area contributed by atoms with Crippen LogP contribution in [0.5, 0.6) is 5.75 Å². The molecule has 0 radical (unpaired) electrons. The number of hydrogen-bond acceptors (Lipinski definition) is 5. The summed E-state index contributed by atoms with van der Waals surface area (Å²) in [4.78, 5) is 11.0. The number of rotatable bonds is 1. The Labute approximate surface area is 92.5 Å². The van der Waals surface area contributed by atoms with Gasteiger partial charge < -0.3 is 25.5 Å². The molecule has 0 fully saturated rings. The number of hydrogen-bond donors (Lipinski definition) is 3. The third-order valence-corrected chi connectivity index (χ3v) is 2.34. The summed E-state index contributed by atoms with van der Waals surface area (Å²) in [5.41, 5.74) is 7.35. The van der Waals surface area contributed by atoms with Gasteiger partial charge in [-0.1, -0.05) is 0 Å². The molecule has 1 amide bonds. The molecule has 0 saturated heterocycles. The molecule has 1 aliphatic heterocycles. The molecule has 4 N–H and O–H groups in total. The first-order valence-electron chi connectivity index (χ1n) is 4.73. The minimum atomic E-state index is -0.952. The zero-order chi connectivity index (χ0) is 11.7. The van der Waals surface area contributed by atoms with Crippen LogP contribution in [0.25, 0.3) is 0 Å². The number of fused-ring (bicyclic) bond motifs is 1. The van der Waals surface area contributed by atoms with E-state index in [1.54, 1.807) is 12.1 Å². The first kappa shape index (κ1) is 10.8. The molecule has 1 aliphatic rings. The smallest absolute Gasteiger partial charge is 0.423 e. The lowest BCUT2D eigenvalue weighted by molar-refractivity contribution is 0.203. The van der Waals surface area contributed by atoms with Gasteiger partial charge in [0.2, 0.25) is 0 Å². The maximum absolute atomic E-state index is 11.0. The lowest BCUT2D eigenvalue weighted by Crippen LogP contribution is -2.29. The second-order valence-corrected chi connectivity index (χ2v) is 3.39. The van der Waals surface area contributed by atoms with E-state index in [2.05, 4.69) is 5.32 Å². The van der Waals surface area contributed by atoms with Gasteiger partial charge in [0.15, 0.2) is 5.75 Å². The highest BCUT2D eigenvalue weighted by atomic mass is 16.6. The molecule has 7 heteroatoms. The molecule has 0 saturated carbocycles. The molecular formula is C9H11BN2O4. The second kappa shape index (κ2) is 4.03. The van der Waals surface area contributed by atoms with Gasteiger partial charge in [0.1, 0.15) is 0 Å². The summed E-state index contributed by atoms with van der Waals surface area (Å²) in [5.74, 6) is 0.260. The van der Waals surface area contributed by atoms with Crippen molar-refractivity contribution in [2.45, 2.75) is 6.61 Å². The van der Waals surface area contributed by atoms with Crippen LogP contribution in [-0.4, -0.2) is 25.3 Å². The quantitative estimate of drug-likeness (QED) is 0.427. The highest BCUT2D eigenvalue weighted by Crippen LogP contribution is 2.24. The zero-order valence-corrected chi connectivity index (χ0v) is 8.69. The largest absolute Gasteiger partial charge is 0.491 e. The fourth-order valence-corrected chi connectivity index (χ4v) is 1.51. The minimum absolute atomic E-state index is 0.260. The summed E-state index contributed by atoms with van der Waals surface area (Å²) in [6.07, 6.45) is -0.592. The van der Waals surface area contributed by atoms with Crippen LogP contribution in [0.2, 0.25) is 0 Å². The van der Waals surface area contributed by atoms with Crippen LogP contribution in [0.1, 0.15) is 5.56 Å². The standard InChI is InChI=1S/C9H11BN2O4/c1-12-9(13)16-8-2-5-4-15-10(14)6(5)3-7(8)11/h2-3,14H,4,11H2,1H3,(H,12,13). The summed E-state index contributed by atoms with van der Waals surface area (Å²) in [7, 11) is 0.505. The van der Waals surface area contributed by atoms with E-state index in [1.807, 2.05) is 0 Å². The number of carbonyl (C=O) groups is 1. The van der Waals surface area contributed by atoms with E-state index in [4.69, 9.17) is 15.1 Å². The molecule has 1 aromatic rings. The van der Waals surface area contributed by atoms with Crippen molar-refractivity contribution < 1.29 is 19.2 Å². The maximum atomic E-state index is 11.0. The van der Waals surface area contributed by atoms with Gasteiger partial charge in [-0.05, 0) is 23.2 Å². The molecule has 0 atom stereocenters. The van der Waals surface area contributed by atoms with Crippen LogP contribution in [0.15, 0.2) is 12.1 Å². The number of nitrogens with one attached hydrogen (secondary N) is 1. The van der Waals surface area contributed by atoms with Crippen molar-refractivity contribution in [3.05, 3.63) is 17.7 Å². The number of nitrogens with two attached hydrogens (primary N) is 1. The van der Waals surface area contributed by atoms with E-state index in [0.29, 0.717) is 5.46 Å². The Balaban J connectivity index is 2.31. The van der Waals surface area contributed by atoms with Gasteiger partial charge in [0, 0.05) is 7.05 Å². The van der Waals surface area contributed by atoms with Crippen LogP contribution >= 0.6 is 0 Å². The van der Waals surface area contributed by atoms with Gasteiger partial charge in [-0.3, -0.25) is 0 Å². The predicted octanol–water partition coefficient (Wildman–Crippen LogP) is -0.795. The van der Waals surface area contributed by atoms with Crippen molar-refractivity contribution in [1.82, 2.24) is 5.32 Å². The van der Waals surface area contributed by atoms with Crippen molar-refractivity contribution in [3.8, 4) is 5.75 Å². The van der Waals surface area contributed by atoms with Crippen LogP contribution in [0.3, 0.4) is 0 Å². The van der Waals surface area contributed by atoms with Crippen molar-refractivity contribution in [3.63, 3.8) is 0 Å². The van der Waals surface area contributed by atoms with Gasteiger partial charge in [0.25, 0.3) is 0 Å². The van der Waals surface area contributed by atoms with Crippen molar-refractivity contribution in [2.75, 3.05) is 12.8 Å². The molecule has 1 heterocycles. The minimum Gasteiger partial charge on any atom is -0.423 e. The van der Waals surface area contributed by atoms with Gasteiger partial charge in [-0.15, -0.1) is 0 Å². The van der Waals surface area contributed by atoms with Gasteiger partial charge >= 0.3 is 13.2 Å². The number of amides is 1. The predicted molar refractivity (Wildman–Crippen MR) is 58.3 cm³/mol. The third-order valence-electron chi connectivity index (χ3n) is 2.34. The highest BCUT2D eigenvalue weighted by Gasteiger charge is 2.28. The second-order valence-electron chi connectivity index (χ2n) is 3.39. The van der Waals surface area contributed by atoms with Gasteiger partial charge in [-0.2, -0.15) is 0 Å². The summed E-state index contributed by atoms with van der Waals surface area (Å²) in [5, 5.41) is 11.7. The Bertz CT molecular complexity index is 438. The topological polar surface area (TPSA) is 93.8 Å². The molecular weight excluding hydrogens is 211 g/mol. The van der Waals surface area contributed by atoms with Crippen LogP contribution < -0.4 is 21.3 Å². The van der Waals surface area contributed by atoms with Crippen LogP contribution in [0.4, 0.5) is 10.5 Å².